The summed E-state index contributed by atoms with van der Waals surface area (Å²) in [6, 6.07) is 1.82. The second-order valence-electron chi connectivity index (χ2n) is 5.56. The third-order valence-electron chi connectivity index (χ3n) is 3.93. The highest BCUT2D eigenvalue weighted by Crippen LogP contribution is 2.28. The minimum atomic E-state index is 0.406. The third kappa shape index (κ3) is 5.47. The zero-order valence-corrected chi connectivity index (χ0v) is 12.9. The molecule has 1 heterocycles. The van der Waals surface area contributed by atoms with Gasteiger partial charge in [-0.15, -0.1) is 0 Å². The molecule has 4 N–H and O–H groups in total. The fourth-order valence-electron chi connectivity index (χ4n) is 2.83. The molecule has 0 aromatic carbocycles. The van der Waals surface area contributed by atoms with E-state index in [0.29, 0.717) is 24.9 Å². The van der Waals surface area contributed by atoms with Crippen molar-refractivity contribution < 1.29 is 4.74 Å². The largest absolute Gasteiger partial charge is 0.374 e. The Labute approximate surface area is 126 Å². The van der Waals surface area contributed by atoms with E-state index in [2.05, 4.69) is 20.7 Å². The van der Waals surface area contributed by atoms with E-state index in [4.69, 9.17) is 10.6 Å². The molecule has 1 aliphatic rings. The van der Waals surface area contributed by atoms with E-state index in [1.807, 2.05) is 13.0 Å². The second-order valence-corrected chi connectivity index (χ2v) is 5.56. The molecule has 1 aliphatic carbocycles. The van der Waals surface area contributed by atoms with Gasteiger partial charge in [0.15, 0.2) is 5.82 Å². The average molecular weight is 293 g/mol. The highest BCUT2D eigenvalue weighted by Gasteiger charge is 2.14. The van der Waals surface area contributed by atoms with Gasteiger partial charge in [0.1, 0.15) is 18.2 Å². The molecule has 21 heavy (non-hydrogen) atoms. The molecule has 1 saturated carbocycles. The SMILES string of the molecule is CCOCc1nc(NN)cc(NCCCC2CCCC2)n1. The van der Waals surface area contributed by atoms with Crippen LogP contribution in [0.15, 0.2) is 6.07 Å². The lowest BCUT2D eigenvalue weighted by Crippen LogP contribution is -2.13. The lowest BCUT2D eigenvalue weighted by Gasteiger charge is -2.11. The summed E-state index contributed by atoms with van der Waals surface area (Å²) in [5.41, 5.74) is 2.57. The molecule has 2 rings (SSSR count). The Morgan fingerprint density at radius 2 is 2.05 bits per heavy atom. The number of hydrogen-bond acceptors (Lipinski definition) is 6. The molecule has 0 amide bonds. The second kappa shape index (κ2) is 8.79. The predicted molar refractivity (Wildman–Crippen MR) is 84.9 cm³/mol. The number of anilines is 2. The third-order valence-corrected chi connectivity index (χ3v) is 3.93. The monoisotopic (exact) mass is 293 g/mol. The van der Waals surface area contributed by atoms with Crippen LogP contribution in [0, 0.1) is 5.92 Å². The molecule has 1 fully saturated rings. The van der Waals surface area contributed by atoms with E-state index >= 15 is 0 Å². The van der Waals surface area contributed by atoms with Crippen molar-refractivity contribution in [2.24, 2.45) is 11.8 Å². The Hall–Kier alpha value is -1.40. The fourth-order valence-corrected chi connectivity index (χ4v) is 2.83. The van der Waals surface area contributed by atoms with Crippen molar-refractivity contribution in [3.8, 4) is 0 Å². The van der Waals surface area contributed by atoms with Crippen molar-refractivity contribution in [2.45, 2.75) is 52.1 Å². The van der Waals surface area contributed by atoms with Crippen molar-refractivity contribution in [1.82, 2.24) is 9.97 Å². The molecule has 0 atom stereocenters. The van der Waals surface area contributed by atoms with Crippen LogP contribution in [0.2, 0.25) is 0 Å². The molecule has 1 aromatic heterocycles. The molecular formula is C15H27N5O. The maximum Gasteiger partial charge on any atom is 0.158 e. The van der Waals surface area contributed by atoms with E-state index < -0.39 is 0 Å². The van der Waals surface area contributed by atoms with Gasteiger partial charge in [0.25, 0.3) is 0 Å². The van der Waals surface area contributed by atoms with Gasteiger partial charge in [0.05, 0.1) is 0 Å². The predicted octanol–water partition coefficient (Wildman–Crippen LogP) is 2.68. The van der Waals surface area contributed by atoms with Crippen LogP contribution < -0.4 is 16.6 Å². The van der Waals surface area contributed by atoms with Crippen LogP contribution in [-0.2, 0) is 11.3 Å². The summed E-state index contributed by atoms with van der Waals surface area (Å²) < 4.78 is 5.35. The van der Waals surface area contributed by atoms with Crippen molar-refractivity contribution in [1.29, 1.82) is 0 Å². The summed E-state index contributed by atoms with van der Waals surface area (Å²) >= 11 is 0. The first-order valence-corrected chi connectivity index (χ1v) is 7.98. The first-order chi connectivity index (χ1) is 10.3. The smallest absolute Gasteiger partial charge is 0.158 e. The Kier molecular flexibility index (Phi) is 6.69. The summed E-state index contributed by atoms with van der Waals surface area (Å²) in [5, 5.41) is 3.36. The van der Waals surface area contributed by atoms with Gasteiger partial charge in [-0.05, 0) is 25.7 Å². The van der Waals surface area contributed by atoms with E-state index in [9.17, 15) is 0 Å². The highest BCUT2D eigenvalue weighted by molar-refractivity contribution is 5.46. The molecular weight excluding hydrogens is 266 g/mol. The van der Waals surface area contributed by atoms with Crippen LogP contribution in [0.1, 0.15) is 51.3 Å². The van der Waals surface area contributed by atoms with Crippen molar-refractivity contribution >= 4 is 11.6 Å². The minimum Gasteiger partial charge on any atom is -0.374 e. The van der Waals surface area contributed by atoms with E-state index in [1.165, 1.54) is 38.5 Å². The molecule has 1 aromatic rings. The maximum atomic E-state index is 5.44. The Morgan fingerprint density at radius 3 is 2.76 bits per heavy atom. The zero-order chi connectivity index (χ0) is 14.9. The number of nitrogen functional groups attached to an aromatic ring is 1. The number of ether oxygens (including phenoxy) is 1. The summed E-state index contributed by atoms with van der Waals surface area (Å²) in [7, 11) is 0. The number of rotatable bonds is 9. The van der Waals surface area contributed by atoms with Crippen molar-refractivity contribution in [2.75, 3.05) is 23.9 Å². The van der Waals surface area contributed by atoms with Crippen LogP contribution in [0.5, 0.6) is 0 Å². The van der Waals surface area contributed by atoms with E-state index in [1.54, 1.807) is 0 Å². The van der Waals surface area contributed by atoms with Gasteiger partial charge in [0.2, 0.25) is 0 Å². The number of hydrogen-bond donors (Lipinski definition) is 3. The molecule has 0 unspecified atom stereocenters. The number of hydrazine groups is 1. The van der Waals surface area contributed by atoms with Crippen LogP contribution in [-0.4, -0.2) is 23.1 Å². The molecule has 0 aliphatic heterocycles. The van der Waals surface area contributed by atoms with Gasteiger partial charge >= 0.3 is 0 Å². The molecule has 6 heteroatoms. The molecule has 0 radical (unpaired) electrons. The Bertz CT molecular complexity index is 421. The molecule has 118 valence electrons. The molecule has 0 spiro atoms. The summed E-state index contributed by atoms with van der Waals surface area (Å²) in [6.45, 7) is 3.94. The molecule has 6 nitrogen and oxygen atoms in total. The quantitative estimate of drug-likeness (QED) is 0.369. The molecule has 0 saturated heterocycles. The average Bonchev–Trinajstić information content (AvgIpc) is 3.02. The van der Waals surface area contributed by atoms with Crippen LogP contribution in [0.3, 0.4) is 0 Å². The summed E-state index contributed by atoms with van der Waals surface area (Å²) in [4.78, 5) is 8.71. The van der Waals surface area contributed by atoms with Crippen LogP contribution in [0.4, 0.5) is 11.6 Å². The maximum absolute atomic E-state index is 5.44. The summed E-state index contributed by atoms with van der Waals surface area (Å²) in [6.07, 6.45) is 8.14. The van der Waals surface area contributed by atoms with Crippen LogP contribution >= 0.6 is 0 Å². The van der Waals surface area contributed by atoms with Gasteiger partial charge in [-0.2, -0.15) is 0 Å². The lowest BCUT2D eigenvalue weighted by atomic mass is 10.0. The van der Waals surface area contributed by atoms with Gasteiger partial charge in [-0.1, -0.05) is 25.7 Å². The van der Waals surface area contributed by atoms with E-state index in [-0.39, 0.29) is 0 Å². The number of nitrogens with two attached hydrogens (primary N) is 1. The lowest BCUT2D eigenvalue weighted by molar-refractivity contribution is 0.128. The fraction of sp³-hybridized carbons (Fsp3) is 0.733. The summed E-state index contributed by atoms with van der Waals surface area (Å²) in [5.74, 6) is 8.44. The number of nitrogens with zero attached hydrogens (tertiary/aromatic N) is 2. The van der Waals surface area contributed by atoms with Gasteiger partial charge in [-0.25, -0.2) is 15.8 Å². The first-order valence-electron chi connectivity index (χ1n) is 7.98. The molecule has 0 bridgehead atoms. The van der Waals surface area contributed by atoms with Crippen LogP contribution in [0.25, 0.3) is 0 Å². The number of aromatic nitrogens is 2. The minimum absolute atomic E-state index is 0.406. The van der Waals surface area contributed by atoms with Crippen molar-refractivity contribution in [3.05, 3.63) is 11.9 Å². The topological polar surface area (TPSA) is 85.1 Å². The first kappa shape index (κ1) is 16.0. The van der Waals surface area contributed by atoms with Gasteiger partial charge < -0.3 is 15.5 Å². The van der Waals surface area contributed by atoms with E-state index in [0.717, 1.165) is 18.3 Å². The van der Waals surface area contributed by atoms with Crippen molar-refractivity contribution in [3.63, 3.8) is 0 Å². The number of nitrogens with one attached hydrogen (secondary N) is 2. The van der Waals surface area contributed by atoms with Gasteiger partial charge in [0, 0.05) is 19.2 Å². The highest BCUT2D eigenvalue weighted by atomic mass is 16.5. The normalized spacial score (nSPS) is 15.3. The standard InChI is InChI=1S/C15H27N5O/c1-2-21-11-15-18-13(10-14(19-15)20-16)17-9-5-8-12-6-3-4-7-12/h10,12H,2-9,11,16H2,1H3,(H2,17,18,19,20). The van der Waals surface area contributed by atoms with Gasteiger partial charge in [-0.3, -0.25) is 0 Å². The Balaban J connectivity index is 1.80. The Morgan fingerprint density at radius 1 is 1.29 bits per heavy atom. The zero-order valence-electron chi connectivity index (χ0n) is 12.9.